The van der Waals surface area contributed by atoms with Gasteiger partial charge >= 0.3 is 0 Å². The lowest BCUT2D eigenvalue weighted by Gasteiger charge is -2.49. The summed E-state index contributed by atoms with van der Waals surface area (Å²) in [5, 5.41) is 1.27. The van der Waals surface area contributed by atoms with Crippen LogP contribution < -0.4 is 4.57 Å². The number of rotatable bonds is 1. The quantitative estimate of drug-likeness (QED) is 0.326. The van der Waals surface area contributed by atoms with E-state index in [1.807, 2.05) is 0 Å². The van der Waals surface area contributed by atoms with Gasteiger partial charge in [0, 0.05) is 40.1 Å². The Labute approximate surface area is 185 Å². The smallest absolute Gasteiger partial charge is 0.213 e. The van der Waals surface area contributed by atoms with Crippen molar-refractivity contribution in [3.05, 3.63) is 83.2 Å². The van der Waals surface area contributed by atoms with Crippen molar-refractivity contribution in [3.63, 3.8) is 0 Å². The lowest BCUT2D eigenvalue weighted by Crippen LogP contribution is -2.45. The number of para-hydroxylation sites is 1. The van der Waals surface area contributed by atoms with Gasteiger partial charge < -0.3 is 0 Å². The zero-order valence-corrected chi connectivity index (χ0v) is 19.7. The highest BCUT2D eigenvalue weighted by Crippen LogP contribution is 2.57. The summed E-state index contributed by atoms with van der Waals surface area (Å²) < 4.78 is 2.26. The van der Waals surface area contributed by atoms with Crippen LogP contribution >= 0.6 is 0 Å². The Balaban J connectivity index is 1.97. The number of aryl methyl sites for hydroxylation is 3. The molecular weight excluding hydrogens is 376 g/mol. The molecule has 2 heterocycles. The van der Waals surface area contributed by atoms with Gasteiger partial charge in [-0.15, -0.1) is 0 Å². The molecule has 0 fully saturated rings. The van der Waals surface area contributed by atoms with Crippen LogP contribution in [0.4, 0.5) is 0 Å². The minimum absolute atomic E-state index is 0.0667. The molecule has 2 aromatic heterocycles. The summed E-state index contributed by atoms with van der Waals surface area (Å²) in [7, 11) is 2.15. The summed E-state index contributed by atoms with van der Waals surface area (Å²) in [6, 6.07) is 17.7. The highest BCUT2D eigenvalue weighted by atomic mass is 14.9. The molecule has 2 nitrogen and oxygen atoms in total. The van der Waals surface area contributed by atoms with Crippen molar-refractivity contribution in [2.45, 2.75) is 52.4 Å². The first-order chi connectivity index (χ1) is 14.6. The lowest BCUT2D eigenvalue weighted by atomic mass is 9.54. The lowest BCUT2D eigenvalue weighted by molar-refractivity contribution is -0.660. The molecule has 0 saturated carbocycles. The first-order valence-corrected chi connectivity index (χ1v) is 11.1. The van der Waals surface area contributed by atoms with Gasteiger partial charge in [0.2, 0.25) is 5.69 Å². The van der Waals surface area contributed by atoms with E-state index in [0.717, 1.165) is 5.52 Å². The fourth-order valence-electron chi connectivity index (χ4n) is 5.48. The van der Waals surface area contributed by atoms with E-state index in [1.165, 1.54) is 50.0 Å². The second kappa shape index (κ2) is 6.50. The summed E-state index contributed by atoms with van der Waals surface area (Å²) in [6.07, 6.45) is 4.27. The molecule has 0 saturated heterocycles. The van der Waals surface area contributed by atoms with E-state index in [-0.39, 0.29) is 10.8 Å². The van der Waals surface area contributed by atoms with Crippen LogP contribution in [-0.4, -0.2) is 4.98 Å². The Bertz CT molecular complexity index is 1360. The molecule has 0 radical (unpaired) electrons. The van der Waals surface area contributed by atoms with E-state index in [1.54, 1.807) is 0 Å². The molecule has 4 aromatic rings. The van der Waals surface area contributed by atoms with Crippen molar-refractivity contribution in [2.24, 2.45) is 7.05 Å². The maximum Gasteiger partial charge on any atom is 0.213 e. The fourth-order valence-corrected chi connectivity index (χ4v) is 5.48. The van der Waals surface area contributed by atoms with E-state index in [2.05, 4.69) is 114 Å². The number of hydrogen-bond donors (Lipinski definition) is 0. The van der Waals surface area contributed by atoms with E-state index >= 15 is 0 Å². The summed E-state index contributed by atoms with van der Waals surface area (Å²) in [5.41, 5.74) is 11.6. The largest absolute Gasteiger partial charge is 0.256 e. The van der Waals surface area contributed by atoms with Gasteiger partial charge in [-0.3, -0.25) is 4.98 Å². The van der Waals surface area contributed by atoms with E-state index in [0.29, 0.717) is 0 Å². The van der Waals surface area contributed by atoms with Crippen LogP contribution in [0.2, 0.25) is 0 Å². The Kier molecular flexibility index (Phi) is 4.18. The molecule has 0 unspecified atom stereocenters. The summed E-state index contributed by atoms with van der Waals surface area (Å²) in [6.45, 7) is 14.1. The van der Waals surface area contributed by atoms with Gasteiger partial charge in [0.05, 0.1) is 11.1 Å². The molecule has 0 atom stereocenters. The van der Waals surface area contributed by atoms with Crippen LogP contribution in [0, 0.1) is 13.8 Å². The SMILES string of the molecule is Cc1cc[n+](C)c(-c2c(C)ccc3c2C(C)(C)C(C)(C)c2c-3cnc3ccccc23)c1. The van der Waals surface area contributed by atoms with Crippen LogP contribution in [0.1, 0.15) is 49.9 Å². The third-order valence-electron chi connectivity index (χ3n) is 7.85. The van der Waals surface area contributed by atoms with E-state index < -0.39 is 0 Å². The molecule has 31 heavy (non-hydrogen) atoms. The van der Waals surface area contributed by atoms with Crippen molar-refractivity contribution in [1.29, 1.82) is 0 Å². The van der Waals surface area contributed by atoms with Gasteiger partial charge in [0.25, 0.3) is 0 Å². The molecule has 1 aliphatic rings. The van der Waals surface area contributed by atoms with E-state index in [9.17, 15) is 0 Å². The van der Waals surface area contributed by atoms with Crippen molar-refractivity contribution >= 4 is 10.9 Å². The first kappa shape index (κ1) is 19.9. The van der Waals surface area contributed by atoms with Gasteiger partial charge in [0.1, 0.15) is 7.05 Å². The zero-order chi connectivity index (χ0) is 22.1. The molecule has 0 N–H and O–H groups in total. The monoisotopic (exact) mass is 407 g/mol. The maximum atomic E-state index is 4.86. The maximum absolute atomic E-state index is 4.86. The van der Waals surface area contributed by atoms with Crippen LogP contribution in [-0.2, 0) is 17.9 Å². The third-order valence-corrected chi connectivity index (χ3v) is 7.85. The molecular formula is C29H31N2+. The zero-order valence-electron chi connectivity index (χ0n) is 19.7. The van der Waals surface area contributed by atoms with Crippen molar-refractivity contribution < 1.29 is 4.57 Å². The molecule has 0 bridgehead atoms. The first-order valence-electron chi connectivity index (χ1n) is 11.1. The summed E-state index contributed by atoms with van der Waals surface area (Å²) in [5.74, 6) is 0. The number of benzene rings is 2. The highest BCUT2D eigenvalue weighted by Gasteiger charge is 2.49. The van der Waals surface area contributed by atoms with Crippen LogP contribution in [0.5, 0.6) is 0 Å². The van der Waals surface area contributed by atoms with Crippen molar-refractivity contribution in [3.8, 4) is 22.4 Å². The highest BCUT2D eigenvalue weighted by molar-refractivity contribution is 5.94. The molecule has 2 heteroatoms. The molecule has 5 rings (SSSR count). The summed E-state index contributed by atoms with van der Waals surface area (Å²) in [4.78, 5) is 4.86. The van der Waals surface area contributed by atoms with Crippen molar-refractivity contribution in [1.82, 2.24) is 4.98 Å². The normalized spacial score (nSPS) is 16.1. The summed E-state index contributed by atoms with van der Waals surface area (Å²) >= 11 is 0. The molecule has 0 aliphatic heterocycles. The molecule has 156 valence electrons. The molecule has 0 spiro atoms. The molecule has 1 aliphatic carbocycles. The van der Waals surface area contributed by atoms with Gasteiger partial charge in [-0.25, -0.2) is 4.57 Å². The number of hydrogen-bond acceptors (Lipinski definition) is 1. The molecule has 0 amide bonds. The second-order valence-electron chi connectivity index (χ2n) is 10.2. The fraction of sp³-hybridized carbons (Fsp3) is 0.310. The number of fused-ring (bicyclic) bond motifs is 5. The van der Waals surface area contributed by atoms with Gasteiger partial charge in [0.15, 0.2) is 6.20 Å². The molecule has 2 aromatic carbocycles. The Hall–Kier alpha value is -3.00. The Morgan fingerprint density at radius 2 is 1.52 bits per heavy atom. The topological polar surface area (TPSA) is 16.8 Å². The van der Waals surface area contributed by atoms with Crippen LogP contribution in [0.15, 0.2) is 60.9 Å². The van der Waals surface area contributed by atoms with Gasteiger partial charge in [-0.05, 0) is 47.7 Å². The second-order valence-corrected chi connectivity index (χ2v) is 10.2. The minimum atomic E-state index is -0.0719. The minimum Gasteiger partial charge on any atom is -0.256 e. The standard InChI is InChI=1S/C29H31N2/c1-18-14-15-31(7)24(16-18)25-19(2)12-13-20-22-17-30-23-11-9-8-10-21(23)26(22)28(3,4)29(5,6)27(20)25/h8-17H,1-7H3/q+1. The predicted molar refractivity (Wildman–Crippen MR) is 129 cm³/mol. The Morgan fingerprint density at radius 3 is 2.29 bits per heavy atom. The van der Waals surface area contributed by atoms with Crippen molar-refractivity contribution in [2.75, 3.05) is 0 Å². The van der Waals surface area contributed by atoms with Crippen LogP contribution in [0.25, 0.3) is 33.3 Å². The Morgan fingerprint density at radius 1 is 0.806 bits per heavy atom. The third kappa shape index (κ3) is 2.64. The van der Waals surface area contributed by atoms with Gasteiger partial charge in [-0.1, -0.05) is 58.0 Å². The van der Waals surface area contributed by atoms with E-state index in [4.69, 9.17) is 4.98 Å². The number of pyridine rings is 2. The number of nitrogens with zero attached hydrogens (tertiary/aromatic N) is 2. The van der Waals surface area contributed by atoms with Crippen LogP contribution in [0.3, 0.4) is 0 Å². The average Bonchev–Trinajstić information content (AvgIpc) is 2.73. The van der Waals surface area contributed by atoms with Gasteiger partial charge in [-0.2, -0.15) is 0 Å². The average molecular weight is 408 g/mol. The number of aromatic nitrogens is 2. The predicted octanol–water partition coefficient (Wildman–Crippen LogP) is 6.58.